The van der Waals surface area contributed by atoms with Crippen LogP contribution in [-0.2, 0) is 11.2 Å². The molecule has 0 heterocycles. The third-order valence-corrected chi connectivity index (χ3v) is 2.36. The molecule has 0 spiro atoms. The van der Waals surface area contributed by atoms with Gasteiger partial charge in [0.2, 0.25) is 0 Å². The predicted molar refractivity (Wildman–Crippen MR) is 61.4 cm³/mol. The third kappa shape index (κ3) is 5.75. The normalized spacial score (nSPS) is 9.14. The van der Waals surface area contributed by atoms with Crippen LogP contribution in [-0.4, -0.2) is 11.6 Å². The predicted octanol–water partition coefficient (Wildman–Crippen LogP) is 3.35. The van der Waals surface area contributed by atoms with E-state index in [2.05, 4.69) is 48.0 Å². The van der Waals surface area contributed by atoms with Crippen molar-refractivity contribution in [2.45, 2.75) is 20.3 Å². The van der Waals surface area contributed by atoms with Crippen molar-refractivity contribution >= 4 is 22.4 Å². The van der Waals surface area contributed by atoms with Gasteiger partial charge in [0.05, 0.1) is 0 Å². The van der Waals surface area contributed by atoms with E-state index >= 15 is 0 Å². The van der Waals surface area contributed by atoms with E-state index in [1.807, 2.05) is 6.07 Å². The maximum absolute atomic E-state index is 8.36. The van der Waals surface area contributed by atoms with Crippen molar-refractivity contribution in [1.29, 1.82) is 0 Å². The summed E-state index contributed by atoms with van der Waals surface area (Å²) in [7, 11) is 0. The van der Waals surface area contributed by atoms with Crippen molar-refractivity contribution < 1.29 is 9.90 Å². The SMILES string of the molecule is CC(C)Cc1ccccc1Br.O=CO. The average molecular weight is 259 g/mol. The standard InChI is InChI=1S/C10H13Br.CH2O2/c1-8(2)7-9-5-3-4-6-10(9)11;2-1-3/h3-6,8H,7H2,1-2H3;1H,(H,2,3). The Hall–Kier alpha value is -0.830. The van der Waals surface area contributed by atoms with E-state index < -0.39 is 0 Å². The molecule has 3 heteroatoms. The van der Waals surface area contributed by atoms with Crippen molar-refractivity contribution in [1.82, 2.24) is 0 Å². The summed E-state index contributed by atoms with van der Waals surface area (Å²) in [6, 6.07) is 8.40. The number of hydrogen-bond donors (Lipinski definition) is 1. The molecule has 0 amide bonds. The fourth-order valence-corrected chi connectivity index (χ4v) is 1.55. The summed E-state index contributed by atoms with van der Waals surface area (Å²) in [6.45, 7) is 4.22. The summed E-state index contributed by atoms with van der Waals surface area (Å²) in [6.07, 6.45) is 1.15. The molecule has 1 N–H and O–H groups in total. The maximum Gasteiger partial charge on any atom is 0.290 e. The van der Waals surface area contributed by atoms with Crippen molar-refractivity contribution in [3.05, 3.63) is 34.3 Å². The van der Waals surface area contributed by atoms with E-state index in [0.717, 1.165) is 12.3 Å². The molecular weight excluding hydrogens is 244 g/mol. The number of halogens is 1. The zero-order chi connectivity index (χ0) is 11.0. The van der Waals surface area contributed by atoms with Crippen LogP contribution >= 0.6 is 15.9 Å². The Morgan fingerprint density at radius 2 is 1.93 bits per heavy atom. The van der Waals surface area contributed by atoms with Gasteiger partial charge < -0.3 is 5.11 Å². The van der Waals surface area contributed by atoms with Crippen molar-refractivity contribution in [2.24, 2.45) is 5.92 Å². The summed E-state index contributed by atoms with van der Waals surface area (Å²) < 4.78 is 1.23. The zero-order valence-electron chi connectivity index (χ0n) is 8.40. The molecule has 0 radical (unpaired) electrons. The number of rotatable bonds is 2. The van der Waals surface area contributed by atoms with Crippen molar-refractivity contribution in [3.8, 4) is 0 Å². The first kappa shape index (κ1) is 13.2. The smallest absolute Gasteiger partial charge is 0.290 e. The minimum atomic E-state index is -0.250. The molecule has 1 aromatic rings. The number of hydrogen-bond acceptors (Lipinski definition) is 1. The van der Waals surface area contributed by atoms with Crippen LogP contribution in [0.2, 0.25) is 0 Å². The highest BCUT2D eigenvalue weighted by molar-refractivity contribution is 9.10. The van der Waals surface area contributed by atoms with E-state index in [9.17, 15) is 0 Å². The highest BCUT2D eigenvalue weighted by Crippen LogP contribution is 2.18. The quantitative estimate of drug-likeness (QED) is 0.827. The third-order valence-electron chi connectivity index (χ3n) is 1.59. The molecule has 1 rings (SSSR count). The average Bonchev–Trinajstić information content (AvgIpc) is 2.09. The molecule has 0 aliphatic heterocycles. The summed E-state index contributed by atoms with van der Waals surface area (Å²) in [4.78, 5) is 8.36. The molecule has 0 atom stereocenters. The highest BCUT2D eigenvalue weighted by Gasteiger charge is 2.00. The van der Waals surface area contributed by atoms with E-state index in [1.54, 1.807) is 0 Å². The molecule has 0 aliphatic rings. The summed E-state index contributed by atoms with van der Waals surface area (Å²) >= 11 is 3.52. The molecule has 0 unspecified atom stereocenters. The Morgan fingerprint density at radius 1 is 1.43 bits per heavy atom. The topological polar surface area (TPSA) is 37.3 Å². The second kappa shape index (κ2) is 7.56. The maximum atomic E-state index is 8.36. The molecular formula is C11H15BrO2. The fourth-order valence-electron chi connectivity index (χ4n) is 1.10. The second-order valence-corrected chi connectivity index (χ2v) is 4.15. The fraction of sp³-hybridized carbons (Fsp3) is 0.364. The monoisotopic (exact) mass is 258 g/mol. The van der Waals surface area contributed by atoms with Crippen molar-refractivity contribution in [2.75, 3.05) is 0 Å². The zero-order valence-corrected chi connectivity index (χ0v) is 9.99. The molecule has 0 saturated heterocycles. The Balaban J connectivity index is 0.000000500. The largest absolute Gasteiger partial charge is 0.483 e. The van der Waals surface area contributed by atoms with Gasteiger partial charge >= 0.3 is 0 Å². The van der Waals surface area contributed by atoms with Crippen LogP contribution in [0.1, 0.15) is 19.4 Å². The first-order valence-electron chi connectivity index (χ1n) is 4.43. The van der Waals surface area contributed by atoms with E-state index in [1.165, 1.54) is 10.0 Å². The van der Waals surface area contributed by atoms with Crippen LogP contribution in [0.15, 0.2) is 28.7 Å². The molecule has 0 bridgehead atoms. The van der Waals surface area contributed by atoms with E-state index in [-0.39, 0.29) is 6.47 Å². The number of carbonyl (C=O) groups is 1. The van der Waals surface area contributed by atoms with Gasteiger partial charge in [-0.2, -0.15) is 0 Å². The molecule has 2 nitrogen and oxygen atoms in total. The molecule has 0 aliphatic carbocycles. The first-order chi connectivity index (χ1) is 6.61. The van der Waals surface area contributed by atoms with Crippen molar-refractivity contribution in [3.63, 3.8) is 0 Å². The van der Waals surface area contributed by atoms with Gasteiger partial charge in [0, 0.05) is 4.47 Å². The summed E-state index contributed by atoms with van der Waals surface area (Å²) in [5, 5.41) is 6.89. The lowest BCUT2D eigenvalue weighted by Gasteiger charge is -2.05. The molecule has 0 aromatic heterocycles. The van der Waals surface area contributed by atoms with Crippen LogP contribution < -0.4 is 0 Å². The lowest BCUT2D eigenvalue weighted by Crippen LogP contribution is -1.94. The lowest BCUT2D eigenvalue weighted by molar-refractivity contribution is -0.122. The minimum absolute atomic E-state index is 0.250. The van der Waals surface area contributed by atoms with Gasteiger partial charge in [-0.05, 0) is 24.0 Å². The minimum Gasteiger partial charge on any atom is -0.483 e. The van der Waals surface area contributed by atoms with Crippen LogP contribution in [0.25, 0.3) is 0 Å². The van der Waals surface area contributed by atoms with Gasteiger partial charge in [-0.15, -0.1) is 0 Å². The van der Waals surface area contributed by atoms with Gasteiger partial charge in [0.15, 0.2) is 0 Å². The summed E-state index contributed by atoms with van der Waals surface area (Å²) in [5.41, 5.74) is 1.41. The lowest BCUT2D eigenvalue weighted by atomic mass is 10.0. The second-order valence-electron chi connectivity index (χ2n) is 3.29. The van der Waals surface area contributed by atoms with Crippen LogP contribution in [0.5, 0.6) is 0 Å². The van der Waals surface area contributed by atoms with Crippen LogP contribution in [0.4, 0.5) is 0 Å². The van der Waals surface area contributed by atoms with Crippen LogP contribution in [0.3, 0.4) is 0 Å². The Kier molecular flexibility index (Phi) is 7.11. The van der Waals surface area contributed by atoms with Gasteiger partial charge in [-0.3, -0.25) is 4.79 Å². The first-order valence-corrected chi connectivity index (χ1v) is 5.22. The Bertz CT molecular complexity index is 272. The summed E-state index contributed by atoms with van der Waals surface area (Å²) in [5.74, 6) is 0.730. The molecule has 14 heavy (non-hydrogen) atoms. The molecule has 0 fully saturated rings. The Labute approximate surface area is 93.1 Å². The van der Waals surface area contributed by atoms with Gasteiger partial charge in [-0.25, -0.2) is 0 Å². The molecule has 0 saturated carbocycles. The van der Waals surface area contributed by atoms with Gasteiger partial charge in [0.1, 0.15) is 0 Å². The van der Waals surface area contributed by atoms with Gasteiger partial charge in [0.25, 0.3) is 6.47 Å². The van der Waals surface area contributed by atoms with Gasteiger partial charge in [-0.1, -0.05) is 48.0 Å². The number of carboxylic acid groups (broad SMARTS) is 1. The van der Waals surface area contributed by atoms with E-state index in [4.69, 9.17) is 9.90 Å². The molecule has 78 valence electrons. The Morgan fingerprint density at radius 3 is 2.36 bits per heavy atom. The van der Waals surface area contributed by atoms with E-state index in [0.29, 0.717) is 0 Å². The van der Waals surface area contributed by atoms with Crippen LogP contribution in [0, 0.1) is 5.92 Å². The highest BCUT2D eigenvalue weighted by atomic mass is 79.9. The molecule has 1 aromatic carbocycles. The number of benzene rings is 1.